The van der Waals surface area contributed by atoms with E-state index in [1.54, 1.807) is 0 Å². The van der Waals surface area contributed by atoms with Crippen LogP contribution in [0.3, 0.4) is 0 Å². The Labute approximate surface area is 343 Å². The third-order valence-electron chi connectivity index (χ3n) is 13.7. The van der Waals surface area contributed by atoms with Crippen LogP contribution in [-0.4, -0.2) is 24.1 Å². The molecule has 0 fully saturated rings. The zero-order valence-corrected chi connectivity index (χ0v) is 34.0. The zero-order valence-electron chi connectivity index (χ0n) is 34.0. The highest BCUT2D eigenvalue weighted by Gasteiger charge is 2.39. The van der Waals surface area contributed by atoms with E-state index in [1.807, 2.05) is 30.7 Å². The molecule has 5 heterocycles. The number of hydrogen-bond donors (Lipinski definition) is 0. The van der Waals surface area contributed by atoms with Gasteiger partial charge in [0.05, 0.1) is 38.8 Å². The number of aromatic nitrogens is 5. The molecule has 5 nitrogen and oxygen atoms in total. The largest absolute Gasteiger partial charge is 0.308 e. The predicted octanol–water partition coefficient (Wildman–Crippen LogP) is 13.2. The molecule has 9 aromatic rings. The summed E-state index contributed by atoms with van der Waals surface area (Å²) in [5, 5.41) is 2.27. The van der Waals surface area contributed by atoms with Crippen LogP contribution in [0.1, 0.15) is 63.3 Å². The lowest BCUT2D eigenvalue weighted by atomic mass is 9.80. The quantitative estimate of drug-likeness (QED) is 0.180. The summed E-state index contributed by atoms with van der Waals surface area (Å²) in [4.78, 5) is 14.8. The van der Waals surface area contributed by atoms with Gasteiger partial charge in [-0.15, -0.1) is 0 Å². The number of benzene rings is 4. The van der Waals surface area contributed by atoms with Crippen LogP contribution < -0.4 is 0 Å². The molecule has 12 rings (SSSR count). The fourth-order valence-electron chi connectivity index (χ4n) is 10.8. The van der Waals surface area contributed by atoms with E-state index in [9.17, 15) is 0 Å². The van der Waals surface area contributed by atoms with Crippen LogP contribution in [0.5, 0.6) is 0 Å². The maximum Gasteiger partial charge on any atom is 0.0963 e. The molecule has 59 heavy (non-hydrogen) atoms. The number of pyridine rings is 3. The van der Waals surface area contributed by atoms with Crippen molar-refractivity contribution in [1.82, 2.24) is 24.1 Å². The average Bonchev–Trinajstić information content (AvgIpc) is 3.90. The van der Waals surface area contributed by atoms with Crippen LogP contribution >= 0.6 is 0 Å². The second-order valence-corrected chi connectivity index (χ2v) is 17.7. The van der Waals surface area contributed by atoms with Gasteiger partial charge in [0.15, 0.2) is 0 Å². The number of hydrogen-bond acceptors (Lipinski definition) is 3. The van der Waals surface area contributed by atoms with Crippen LogP contribution in [0, 0.1) is 5.92 Å². The van der Waals surface area contributed by atoms with Crippen molar-refractivity contribution in [3.05, 3.63) is 180 Å². The Morgan fingerprint density at radius 3 is 1.76 bits per heavy atom. The van der Waals surface area contributed by atoms with E-state index in [4.69, 9.17) is 15.0 Å². The molecule has 0 spiro atoms. The third kappa shape index (κ3) is 4.70. The Morgan fingerprint density at radius 1 is 0.542 bits per heavy atom. The standard InChI is InChI=1S/C54H43N5/c1-32-12-7-6-8-13-43-49(32)37-30-35(19-21-41(37)53(43,2)3)58-45-23-17-33(28-39(45)51-47(58)15-10-26-56-51)34-18-24-46-40(29-34)52-48(16-11-27-57-52)59(46)36-20-22-42-38(31-36)50-44(54(42,4)5)14-9-25-55-50/h6-11,13-32H,12H2,1-5H3/b7-6+,13-8-. The molecule has 0 aliphatic heterocycles. The minimum Gasteiger partial charge on any atom is -0.308 e. The van der Waals surface area contributed by atoms with Gasteiger partial charge in [-0.3, -0.25) is 15.0 Å². The van der Waals surface area contributed by atoms with Gasteiger partial charge in [-0.2, -0.15) is 0 Å². The average molecular weight is 762 g/mol. The molecular weight excluding hydrogens is 719 g/mol. The molecule has 0 N–H and O–H groups in total. The van der Waals surface area contributed by atoms with E-state index in [-0.39, 0.29) is 10.8 Å². The number of fused-ring (bicyclic) bond motifs is 11. The van der Waals surface area contributed by atoms with Crippen molar-refractivity contribution >= 4 is 49.4 Å². The van der Waals surface area contributed by atoms with Crippen molar-refractivity contribution in [3.63, 3.8) is 0 Å². The summed E-state index contributed by atoms with van der Waals surface area (Å²) in [6.07, 6.45) is 15.8. The molecule has 0 saturated heterocycles. The molecular formula is C54H43N5. The van der Waals surface area contributed by atoms with Crippen LogP contribution in [0.2, 0.25) is 0 Å². The minimum absolute atomic E-state index is 0.0542. The number of allylic oxidation sites excluding steroid dienone is 6. The Balaban J connectivity index is 0.997. The van der Waals surface area contributed by atoms with Gasteiger partial charge >= 0.3 is 0 Å². The second kappa shape index (κ2) is 12.1. The van der Waals surface area contributed by atoms with Crippen molar-refractivity contribution in [2.24, 2.45) is 5.92 Å². The normalized spacial score (nSPS) is 18.5. The Kier molecular flexibility index (Phi) is 7.01. The van der Waals surface area contributed by atoms with Crippen LogP contribution in [0.15, 0.2) is 158 Å². The molecule has 3 aliphatic rings. The molecule has 0 bridgehead atoms. The Morgan fingerprint density at radius 2 is 1.12 bits per heavy atom. The van der Waals surface area contributed by atoms with Crippen molar-refractivity contribution in [2.45, 2.75) is 51.9 Å². The van der Waals surface area contributed by atoms with E-state index in [2.05, 4.69) is 165 Å². The van der Waals surface area contributed by atoms with Gasteiger partial charge in [0.2, 0.25) is 0 Å². The molecule has 1 atom stereocenters. The van der Waals surface area contributed by atoms with Gasteiger partial charge in [0.25, 0.3) is 0 Å². The van der Waals surface area contributed by atoms with Crippen molar-refractivity contribution < 1.29 is 0 Å². The van der Waals surface area contributed by atoms with E-state index < -0.39 is 0 Å². The zero-order chi connectivity index (χ0) is 39.8. The summed E-state index contributed by atoms with van der Waals surface area (Å²) >= 11 is 0. The number of rotatable bonds is 3. The van der Waals surface area contributed by atoms with E-state index in [1.165, 1.54) is 39.0 Å². The van der Waals surface area contributed by atoms with Gasteiger partial charge < -0.3 is 9.13 Å². The fraction of sp³-hybridized carbons (Fsp3) is 0.167. The molecule has 284 valence electrons. The van der Waals surface area contributed by atoms with E-state index >= 15 is 0 Å². The summed E-state index contributed by atoms with van der Waals surface area (Å²) in [6.45, 7) is 11.7. The highest BCUT2D eigenvalue weighted by Crippen LogP contribution is 2.52. The molecule has 3 aliphatic carbocycles. The predicted molar refractivity (Wildman–Crippen MR) is 244 cm³/mol. The topological polar surface area (TPSA) is 48.5 Å². The van der Waals surface area contributed by atoms with Crippen molar-refractivity contribution in [3.8, 4) is 33.8 Å². The first-order valence-electron chi connectivity index (χ1n) is 20.8. The lowest BCUT2D eigenvalue weighted by Gasteiger charge is -2.24. The van der Waals surface area contributed by atoms with Gasteiger partial charge in [-0.05, 0) is 136 Å². The maximum atomic E-state index is 5.00. The summed E-state index contributed by atoms with van der Waals surface area (Å²) in [6, 6.07) is 40.4. The molecule has 0 saturated carbocycles. The lowest BCUT2D eigenvalue weighted by Crippen LogP contribution is -2.16. The highest BCUT2D eigenvalue weighted by atomic mass is 15.0. The fourth-order valence-corrected chi connectivity index (χ4v) is 10.8. The van der Waals surface area contributed by atoms with Gasteiger partial charge in [0, 0.05) is 57.1 Å². The SMILES string of the molecule is CC1C/C=C/C=C\C2=C1c1cc(-n3c4ccc(-c5ccc6c(c5)c5ncccc5n6-c5ccc6c(c5)-c5ncccc5C6(C)C)cc4c4ncccc43)ccc1C2(C)C. The van der Waals surface area contributed by atoms with E-state index in [0.717, 1.165) is 78.5 Å². The first-order valence-corrected chi connectivity index (χ1v) is 20.8. The Hall–Kier alpha value is -6.85. The van der Waals surface area contributed by atoms with Gasteiger partial charge in [-0.1, -0.05) is 89.3 Å². The summed E-state index contributed by atoms with van der Waals surface area (Å²) in [5.41, 5.74) is 21.4. The third-order valence-corrected chi connectivity index (χ3v) is 13.7. The molecule has 5 aromatic heterocycles. The van der Waals surface area contributed by atoms with Crippen LogP contribution in [-0.2, 0) is 10.8 Å². The first kappa shape index (κ1) is 34.2. The number of nitrogens with zero attached hydrogens (tertiary/aromatic N) is 5. The maximum absolute atomic E-state index is 5.00. The second-order valence-electron chi connectivity index (χ2n) is 17.7. The summed E-state index contributed by atoms with van der Waals surface area (Å²) in [7, 11) is 0. The van der Waals surface area contributed by atoms with Crippen LogP contribution in [0.25, 0.3) is 83.2 Å². The monoisotopic (exact) mass is 761 g/mol. The van der Waals surface area contributed by atoms with Crippen molar-refractivity contribution in [1.29, 1.82) is 0 Å². The van der Waals surface area contributed by atoms with Crippen molar-refractivity contribution in [2.75, 3.05) is 0 Å². The van der Waals surface area contributed by atoms with E-state index in [0.29, 0.717) is 5.92 Å². The molecule has 0 radical (unpaired) electrons. The first-order chi connectivity index (χ1) is 28.7. The summed E-state index contributed by atoms with van der Waals surface area (Å²) in [5.74, 6) is 0.432. The highest BCUT2D eigenvalue weighted by molar-refractivity contribution is 6.11. The lowest BCUT2D eigenvalue weighted by molar-refractivity contribution is 0.649. The van der Waals surface area contributed by atoms with Gasteiger partial charge in [-0.25, -0.2) is 0 Å². The molecule has 4 aromatic carbocycles. The Bertz CT molecular complexity index is 3380. The molecule has 5 heteroatoms. The van der Waals surface area contributed by atoms with Gasteiger partial charge in [0.1, 0.15) is 0 Å². The molecule has 1 unspecified atom stereocenters. The molecule has 0 amide bonds. The minimum atomic E-state index is -0.0969. The smallest absolute Gasteiger partial charge is 0.0963 e. The van der Waals surface area contributed by atoms with Crippen LogP contribution in [0.4, 0.5) is 0 Å². The summed E-state index contributed by atoms with van der Waals surface area (Å²) < 4.78 is 4.76.